The van der Waals surface area contributed by atoms with Gasteiger partial charge in [0.15, 0.2) is 0 Å². The van der Waals surface area contributed by atoms with Crippen molar-refractivity contribution in [3.63, 3.8) is 0 Å². The van der Waals surface area contributed by atoms with Crippen molar-refractivity contribution in [2.45, 2.75) is 84.5 Å². The van der Waals surface area contributed by atoms with Gasteiger partial charge >= 0.3 is 0 Å². The first-order chi connectivity index (χ1) is 9.49. The minimum Gasteiger partial charge on any atom is -0.0628 e. The Morgan fingerprint density at radius 2 is 1.80 bits per heavy atom. The van der Waals surface area contributed by atoms with Crippen molar-refractivity contribution in [3.05, 3.63) is 33.9 Å². The molecule has 0 unspecified atom stereocenters. The number of benzene rings is 1. The van der Waals surface area contributed by atoms with E-state index in [2.05, 4.69) is 33.8 Å². The van der Waals surface area contributed by atoms with E-state index in [4.69, 9.17) is 0 Å². The third kappa shape index (κ3) is 2.43. The van der Waals surface area contributed by atoms with E-state index >= 15 is 0 Å². The summed E-state index contributed by atoms with van der Waals surface area (Å²) in [4.78, 5) is 0. The summed E-state index contributed by atoms with van der Waals surface area (Å²) in [5.41, 5.74) is 9.08. The van der Waals surface area contributed by atoms with Crippen LogP contribution >= 0.6 is 0 Å². The summed E-state index contributed by atoms with van der Waals surface area (Å²) in [6.45, 7) is 9.64. The van der Waals surface area contributed by atoms with E-state index in [-0.39, 0.29) is 0 Å². The number of rotatable bonds is 3. The highest BCUT2D eigenvalue weighted by Gasteiger charge is 2.35. The predicted molar refractivity (Wildman–Crippen MR) is 87.6 cm³/mol. The molecule has 0 heterocycles. The van der Waals surface area contributed by atoms with E-state index < -0.39 is 0 Å². The van der Waals surface area contributed by atoms with Crippen molar-refractivity contribution in [2.24, 2.45) is 5.92 Å². The van der Waals surface area contributed by atoms with Gasteiger partial charge in [-0.2, -0.15) is 0 Å². The molecule has 0 nitrogen and oxygen atoms in total. The lowest BCUT2D eigenvalue weighted by Gasteiger charge is -2.28. The Kier molecular flexibility index (Phi) is 3.69. The van der Waals surface area contributed by atoms with E-state index in [9.17, 15) is 0 Å². The summed E-state index contributed by atoms with van der Waals surface area (Å²) in [5, 5.41) is 0. The van der Waals surface area contributed by atoms with Crippen LogP contribution in [0.1, 0.15) is 81.2 Å². The first kappa shape index (κ1) is 14.2. The fourth-order valence-corrected chi connectivity index (χ4v) is 4.35. The summed E-state index contributed by atoms with van der Waals surface area (Å²) >= 11 is 0. The summed E-state index contributed by atoms with van der Waals surface area (Å²) in [6, 6.07) is 2.59. The van der Waals surface area contributed by atoms with Crippen molar-refractivity contribution in [2.75, 3.05) is 0 Å². The molecule has 20 heavy (non-hydrogen) atoms. The van der Waals surface area contributed by atoms with Gasteiger partial charge in [0.1, 0.15) is 0 Å². The molecule has 1 aromatic rings. The summed E-state index contributed by atoms with van der Waals surface area (Å²) in [6.07, 6.45) is 10.8. The molecule has 0 atom stereocenters. The highest BCUT2D eigenvalue weighted by molar-refractivity contribution is 5.53. The molecular weight excluding hydrogens is 240 g/mol. The number of aryl methyl sites for hydroxylation is 2. The fraction of sp³-hybridized carbons (Fsp3) is 0.700. The van der Waals surface area contributed by atoms with Gasteiger partial charge in [-0.25, -0.2) is 0 Å². The lowest BCUT2D eigenvalue weighted by molar-refractivity contribution is 0.513. The second-order valence-electron chi connectivity index (χ2n) is 8.05. The highest BCUT2D eigenvalue weighted by Crippen LogP contribution is 2.45. The SMILES string of the molecule is CC(C)CCc1cc2c(c3c1CCC3(C)C)CCCC2. The Hall–Kier alpha value is -0.780. The molecule has 0 N–H and O–H groups in total. The van der Waals surface area contributed by atoms with Crippen LogP contribution in [0.5, 0.6) is 0 Å². The molecule has 0 amide bonds. The van der Waals surface area contributed by atoms with Gasteiger partial charge < -0.3 is 0 Å². The molecule has 0 saturated carbocycles. The van der Waals surface area contributed by atoms with Crippen molar-refractivity contribution in [1.82, 2.24) is 0 Å². The molecule has 0 radical (unpaired) electrons. The molecule has 2 aliphatic rings. The van der Waals surface area contributed by atoms with Crippen LogP contribution in [-0.4, -0.2) is 0 Å². The fourth-order valence-electron chi connectivity index (χ4n) is 4.35. The van der Waals surface area contributed by atoms with E-state index in [1.807, 2.05) is 0 Å². The zero-order valence-corrected chi connectivity index (χ0v) is 13.8. The van der Waals surface area contributed by atoms with E-state index in [1.165, 1.54) is 51.4 Å². The molecule has 1 aromatic carbocycles. The summed E-state index contributed by atoms with van der Waals surface area (Å²) < 4.78 is 0. The maximum absolute atomic E-state index is 2.59. The topological polar surface area (TPSA) is 0 Å². The molecule has 110 valence electrons. The highest BCUT2D eigenvalue weighted by atomic mass is 14.4. The van der Waals surface area contributed by atoms with Crippen LogP contribution in [0.4, 0.5) is 0 Å². The van der Waals surface area contributed by atoms with Crippen molar-refractivity contribution >= 4 is 0 Å². The van der Waals surface area contributed by atoms with Gasteiger partial charge in [0.05, 0.1) is 0 Å². The third-order valence-corrected chi connectivity index (χ3v) is 5.52. The van der Waals surface area contributed by atoms with Crippen LogP contribution in [-0.2, 0) is 31.1 Å². The number of fused-ring (bicyclic) bond motifs is 3. The maximum atomic E-state index is 2.59. The Morgan fingerprint density at radius 3 is 2.55 bits per heavy atom. The van der Waals surface area contributed by atoms with Gasteiger partial charge in [0.2, 0.25) is 0 Å². The Labute approximate surface area is 125 Å². The summed E-state index contributed by atoms with van der Waals surface area (Å²) in [5.74, 6) is 0.816. The molecule has 0 fully saturated rings. The van der Waals surface area contributed by atoms with Gasteiger partial charge in [0, 0.05) is 0 Å². The van der Waals surface area contributed by atoms with E-state index in [0.29, 0.717) is 5.41 Å². The van der Waals surface area contributed by atoms with Gasteiger partial charge in [-0.3, -0.25) is 0 Å². The normalized spacial score (nSPS) is 20.1. The molecule has 0 saturated heterocycles. The molecule has 3 rings (SSSR count). The Morgan fingerprint density at radius 1 is 1.05 bits per heavy atom. The molecule has 0 heteroatoms. The van der Waals surface area contributed by atoms with E-state index in [0.717, 1.165) is 5.92 Å². The molecule has 2 aliphatic carbocycles. The van der Waals surface area contributed by atoms with Crippen LogP contribution in [0.25, 0.3) is 0 Å². The Bertz CT molecular complexity index is 505. The van der Waals surface area contributed by atoms with Gasteiger partial charge in [-0.1, -0.05) is 33.8 Å². The quantitative estimate of drug-likeness (QED) is 0.692. The van der Waals surface area contributed by atoms with Crippen LogP contribution in [0.3, 0.4) is 0 Å². The minimum atomic E-state index is 0.421. The average molecular weight is 270 g/mol. The van der Waals surface area contributed by atoms with Crippen LogP contribution in [0.2, 0.25) is 0 Å². The standard InChI is InChI=1S/C20H30/c1-14(2)9-10-16-13-15-7-5-6-8-17(15)19-18(16)11-12-20(19,3)4/h13-14H,5-12H2,1-4H3. The summed E-state index contributed by atoms with van der Waals surface area (Å²) in [7, 11) is 0. The molecular formula is C20H30. The molecule has 0 spiro atoms. The lowest BCUT2D eigenvalue weighted by atomic mass is 9.76. The lowest BCUT2D eigenvalue weighted by Crippen LogP contribution is -2.18. The van der Waals surface area contributed by atoms with Crippen molar-refractivity contribution in [3.8, 4) is 0 Å². The predicted octanol–water partition coefficient (Wildman–Crippen LogP) is 5.38. The smallest absolute Gasteiger partial charge is 0.00947 e. The largest absolute Gasteiger partial charge is 0.0628 e. The second-order valence-corrected chi connectivity index (χ2v) is 8.05. The van der Waals surface area contributed by atoms with Gasteiger partial charge in [0.25, 0.3) is 0 Å². The third-order valence-electron chi connectivity index (χ3n) is 5.52. The van der Waals surface area contributed by atoms with Crippen LogP contribution in [0, 0.1) is 5.92 Å². The first-order valence-corrected chi connectivity index (χ1v) is 8.66. The maximum Gasteiger partial charge on any atom is -0.00947 e. The number of hydrogen-bond acceptors (Lipinski definition) is 0. The molecule has 0 bridgehead atoms. The molecule has 0 aliphatic heterocycles. The number of hydrogen-bond donors (Lipinski definition) is 0. The monoisotopic (exact) mass is 270 g/mol. The second kappa shape index (κ2) is 5.20. The van der Waals surface area contributed by atoms with Crippen LogP contribution < -0.4 is 0 Å². The van der Waals surface area contributed by atoms with Gasteiger partial charge in [-0.15, -0.1) is 0 Å². The first-order valence-electron chi connectivity index (χ1n) is 8.66. The minimum absolute atomic E-state index is 0.421. The van der Waals surface area contributed by atoms with E-state index in [1.54, 1.807) is 27.8 Å². The average Bonchev–Trinajstić information content (AvgIpc) is 2.73. The zero-order chi connectivity index (χ0) is 14.3. The van der Waals surface area contributed by atoms with Gasteiger partial charge in [-0.05, 0) is 90.5 Å². The zero-order valence-electron chi connectivity index (χ0n) is 13.8. The van der Waals surface area contributed by atoms with Crippen molar-refractivity contribution in [1.29, 1.82) is 0 Å². The van der Waals surface area contributed by atoms with Crippen molar-refractivity contribution < 1.29 is 0 Å². The Balaban J connectivity index is 2.07. The van der Waals surface area contributed by atoms with Crippen LogP contribution in [0.15, 0.2) is 6.07 Å². The molecule has 0 aromatic heterocycles.